The van der Waals surface area contributed by atoms with Crippen LogP contribution in [-0.2, 0) is 4.79 Å². The third kappa shape index (κ3) is 3.73. The lowest BCUT2D eigenvalue weighted by molar-refractivity contribution is -0.113. The molecule has 0 heterocycles. The predicted molar refractivity (Wildman–Crippen MR) is 69.7 cm³/mol. The Balaban J connectivity index is 2.92. The number of azo groups is 1. The fraction of sp³-hybridized carbons (Fsp3) is 0.182. The second-order valence-corrected chi connectivity index (χ2v) is 4.41. The summed E-state index contributed by atoms with van der Waals surface area (Å²) < 4.78 is 1.09. The van der Waals surface area contributed by atoms with Crippen molar-refractivity contribution in [3.05, 3.63) is 39.3 Å². The second kappa shape index (κ2) is 5.74. The summed E-state index contributed by atoms with van der Waals surface area (Å²) in [6, 6.07) is 7.35. The summed E-state index contributed by atoms with van der Waals surface area (Å²) in [6.45, 7) is 2.74. The van der Waals surface area contributed by atoms with E-state index >= 15 is 0 Å². The van der Waals surface area contributed by atoms with Gasteiger partial charge < -0.3 is 5.11 Å². The molecule has 0 fully saturated rings. The molecule has 5 heteroatoms. The molecule has 0 unspecified atom stereocenters. The third-order valence-corrected chi connectivity index (χ3v) is 2.49. The Morgan fingerprint density at radius 3 is 2.25 bits per heavy atom. The lowest BCUT2D eigenvalue weighted by Crippen LogP contribution is -1.96. The van der Waals surface area contributed by atoms with Crippen LogP contribution in [0.5, 0.6) is 0 Å². The SMILES string of the molecule is CC(=O)C(N=Nc1ccc(I)cc1)=C(C)O. The van der Waals surface area contributed by atoms with Gasteiger partial charge in [0.05, 0.1) is 5.69 Å². The number of nitrogens with zero attached hydrogens (tertiary/aromatic N) is 2. The van der Waals surface area contributed by atoms with Gasteiger partial charge in [-0.1, -0.05) is 0 Å². The molecule has 0 atom stereocenters. The maximum Gasteiger partial charge on any atom is 0.183 e. The molecule has 1 aromatic carbocycles. The van der Waals surface area contributed by atoms with Crippen molar-refractivity contribution in [2.75, 3.05) is 0 Å². The van der Waals surface area contributed by atoms with Gasteiger partial charge in [0, 0.05) is 10.5 Å². The standard InChI is InChI=1S/C11H11IN2O2/c1-7(15)11(8(2)16)14-13-10-5-3-9(12)4-6-10/h3-6,15H,1-2H3. The number of carbonyl (C=O) groups is 1. The van der Waals surface area contributed by atoms with Crippen LogP contribution >= 0.6 is 22.6 Å². The van der Waals surface area contributed by atoms with Gasteiger partial charge in [-0.25, -0.2) is 0 Å². The van der Waals surface area contributed by atoms with E-state index in [1.165, 1.54) is 13.8 Å². The molecule has 0 aromatic heterocycles. The minimum absolute atomic E-state index is 0.0152. The lowest BCUT2D eigenvalue weighted by Gasteiger charge is -1.97. The van der Waals surface area contributed by atoms with Gasteiger partial charge in [-0.3, -0.25) is 4.79 Å². The van der Waals surface area contributed by atoms with E-state index < -0.39 is 0 Å². The zero-order valence-corrected chi connectivity index (χ0v) is 11.1. The summed E-state index contributed by atoms with van der Waals surface area (Å²) in [5.41, 5.74) is 0.624. The van der Waals surface area contributed by atoms with Gasteiger partial charge in [0.1, 0.15) is 5.76 Å². The molecule has 0 aliphatic rings. The Morgan fingerprint density at radius 1 is 1.25 bits per heavy atom. The molecule has 0 aliphatic carbocycles. The molecule has 0 amide bonds. The van der Waals surface area contributed by atoms with Gasteiger partial charge >= 0.3 is 0 Å². The van der Waals surface area contributed by atoms with Crippen LogP contribution in [0.4, 0.5) is 5.69 Å². The average molecular weight is 330 g/mol. The summed E-state index contributed by atoms with van der Waals surface area (Å²) in [6.07, 6.45) is 0. The molecule has 0 bridgehead atoms. The van der Waals surface area contributed by atoms with E-state index in [1.807, 2.05) is 12.1 Å². The van der Waals surface area contributed by atoms with E-state index in [1.54, 1.807) is 12.1 Å². The van der Waals surface area contributed by atoms with Gasteiger partial charge in [-0.2, -0.15) is 5.11 Å². The number of hydrogen-bond acceptors (Lipinski definition) is 4. The quantitative estimate of drug-likeness (QED) is 0.397. The first-order chi connectivity index (χ1) is 7.50. The highest BCUT2D eigenvalue weighted by Gasteiger charge is 2.06. The smallest absolute Gasteiger partial charge is 0.183 e. The van der Waals surface area contributed by atoms with E-state index in [0.29, 0.717) is 5.69 Å². The number of allylic oxidation sites excluding steroid dienone is 2. The number of aliphatic hydroxyl groups is 1. The summed E-state index contributed by atoms with van der Waals surface area (Å²) in [5, 5.41) is 16.8. The van der Waals surface area contributed by atoms with Crippen molar-refractivity contribution in [3.63, 3.8) is 0 Å². The van der Waals surface area contributed by atoms with E-state index in [-0.39, 0.29) is 17.2 Å². The summed E-state index contributed by atoms with van der Waals surface area (Å²) in [5.74, 6) is -0.434. The van der Waals surface area contributed by atoms with Crippen LogP contribution in [0.15, 0.2) is 46.0 Å². The maximum absolute atomic E-state index is 11.1. The Kier molecular flexibility index (Phi) is 4.60. The first-order valence-electron chi connectivity index (χ1n) is 4.59. The Hall–Kier alpha value is -1.24. The molecule has 0 spiro atoms. The van der Waals surface area contributed by atoms with E-state index in [2.05, 4.69) is 32.8 Å². The van der Waals surface area contributed by atoms with Crippen molar-refractivity contribution in [3.8, 4) is 0 Å². The molecule has 1 N–H and O–H groups in total. The minimum Gasteiger partial charge on any atom is -0.510 e. The largest absolute Gasteiger partial charge is 0.510 e. The maximum atomic E-state index is 11.1. The van der Waals surface area contributed by atoms with Crippen molar-refractivity contribution in [2.45, 2.75) is 13.8 Å². The number of benzene rings is 1. The van der Waals surface area contributed by atoms with Crippen molar-refractivity contribution >= 4 is 34.1 Å². The molecule has 0 radical (unpaired) electrons. The van der Waals surface area contributed by atoms with Gasteiger partial charge in [-0.15, -0.1) is 5.11 Å². The van der Waals surface area contributed by atoms with Crippen molar-refractivity contribution in [2.24, 2.45) is 10.2 Å². The fourth-order valence-electron chi connectivity index (χ4n) is 1.01. The molecule has 1 aromatic rings. The van der Waals surface area contributed by atoms with Crippen molar-refractivity contribution in [1.29, 1.82) is 0 Å². The molecule has 0 saturated carbocycles. The van der Waals surface area contributed by atoms with Crippen LogP contribution in [0, 0.1) is 3.57 Å². The predicted octanol–water partition coefficient (Wildman–Crippen LogP) is 3.75. The van der Waals surface area contributed by atoms with Crippen LogP contribution in [0.25, 0.3) is 0 Å². The number of ketones is 1. The highest BCUT2D eigenvalue weighted by Crippen LogP contribution is 2.16. The van der Waals surface area contributed by atoms with Crippen LogP contribution in [0.3, 0.4) is 0 Å². The van der Waals surface area contributed by atoms with Crippen LogP contribution < -0.4 is 0 Å². The first-order valence-corrected chi connectivity index (χ1v) is 5.66. The van der Waals surface area contributed by atoms with Crippen LogP contribution in [0.2, 0.25) is 0 Å². The summed E-state index contributed by atoms with van der Waals surface area (Å²) in [4.78, 5) is 11.1. The Morgan fingerprint density at radius 2 is 1.81 bits per heavy atom. The van der Waals surface area contributed by atoms with Crippen molar-refractivity contribution in [1.82, 2.24) is 0 Å². The zero-order chi connectivity index (χ0) is 12.1. The highest BCUT2D eigenvalue weighted by molar-refractivity contribution is 14.1. The highest BCUT2D eigenvalue weighted by atomic mass is 127. The van der Waals surface area contributed by atoms with Crippen LogP contribution in [0.1, 0.15) is 13.8 Å². The number of aliphatic hydroxyl groups excluding tert-OH is 1. The molecule has 1 rings (SSSR count). The third-order valence-electron chi connectivity index (χ3n) is 1.77. The lowest BCUT2D eigenvalue weighted by atomic mass is 10.3. The molecule has 84 valence electrons. The molecule has 16 heavy (non-hydrogen) atoms. The number of hydrogen-bond donors (Lipinski definition) is 1. The van der Waals surface area contributed by atoms with Crippen molar-refractivity contribution < 1.29 is 9.90 Å². The van der Waals surface area contributed by atoms with Gasteiger partial charge in [-0.05, 0) is 53.8 Å². The second-order valence-electron chi connectivity index (χ2n) is 3.17. The van der Waals surface area contributed by atoms with E-state index in [4.69, 9.17) is 0 Å². The Bertz CT molecular complexity index is 446. The van der Waals surface area contributed by atoms with Gasteiger partial charge in [0.15, 0.2) is 11.5 Å². The number of Topliss-reactive ketones (excluding diaryl/α,β-unsaturated/α-hetero) is 1. The van der Waals surface area contributed by atoms with E-state index in [9.17, 15) is 9.90 Å². The number of rotatable bonds is 3. The first kappa shape index (κ1) is 12.8. The Labute approximate surface area is 107 Å². The molecule has 0 aliphatic heterocycles. The molecular weight excluding hydrogens is 319 g/mol. The molecule has 0 saturated heterocycles. The zero-order valence-electron chi connectivity index (χ0n) is 8.94. The average Bonchev–Trinajstić information content (AvgIpc) is 2.20. The molecule has 4 nitrogen and oxygen atoms in total. The van der Waals surface area contributed by atoms with E-state index in [0.717, 1.165) is 3.57 Å². The topological polar surface area (TPSA) is 62.0 Å². The summed E-state index contributed by atoms with van der Waals surface area (Å²) >= 11 is 2.18. The van der Waals surface area contributed by atoms with Gasteiger partial charge in [0.25, 0.3) is 0 Å². The summed E-state index contributed by atoms with van der Waals surface area (Å²) in [7, 11) is 0. The number of halogens is 1. The van der Waals surface area contributed by atoms with Gasteiger partial charge in [0.2, 0.25) is 0 Å². The molecular formula is C11H11IN2O2. The fourth-order valence-corrected chi connectivity index (χ4v) is 1.37. The normalized spacial score (nSPS) is 12.7. The number of carbonyl (C=O) groups excluding carboxylic acids is 1. The van der Waals surface area contributed by atoms with Crippen LogP contribution in [-0.4, -0.2) is 10.9 Å². The minimum atomic E-state index is -0.311. The monoisotopic (exact) mass is 330 g/mol.